The maximum Gasteiger partial charge on any atom is 0.230 e. The molecule has 2 fully saturated rings. The predicted octanol–water partition coefficient (Wildman–Crippen LogP) is 2.85. The molecule has 0 aromatic carbocycles. The Morgan fingerprint density at radius 3 is 2.91 bits per heavy atom. The van der Waals surface area contributed by atoms with Gasteiger partial charge in [0.05, 0.1) is 22.1 Å². The number of piperidine rings is 1. The van der Waals surface area contributed by atoms with Crippen molar-refractivity contribution in [1.82, 2.24) is 9.88 Å². The second-order valence-corrected chi connectivity index (χ2v) is 7.14. The van der Waals surface area contributed by atoms with Gasteiger partial charge in [-0.25, -0.2) is 4.98 Å². The molecular formula is C16H21Cl2N3O2. The number of carbonyl (C=O) groups excluding carboxylic acids is 1. The summed E-state index contributed by atoms with van der Waals surface area (Å²) in [6.07, 6.45) is 4.40. The van der Waals surface area contributed by atoms with E-state index in [4.69, 9.17) is 27.9 Å². The minimum Gasteiger partial charge on any atom is -0.383 e. The van der Waals surface area contributed by atoms with Crippen LogP contribution >= 0.6 is 23.2 Å². The molecule has 126 valence electrons. The standard InChI is InChI=1S/C16H21Cl2N3O2/c1-23-8-7-20-5-2-3-16(15(20)22)4-6-21(11-16)14-13(18)9-12(17)10-19-14/h9-10H,2-8,11H2,1H3/t16-/m1/s1. The number of halogens is 2. The van der Waals surface area contributed by atoms with Crippen molar-refractivity contribution in [2.24, 2.45) is 5.41 Å². The molecule has 1 spiro atoms. The van der Waals surface area contributed by atoms with E-state index >= 15 is 0 Å². The van der Waals surface area contributed by atoms with Crippen molar-refractivity contribution in [3.8, 4) is 0 Å². The minimum absolute atomic E-state index is 0.244. The van der Waals surface area contributed by atoms with E-state index in [-0.39, 0.29) is 11.3 Å². The van der Waals surface area contributed by atoms with Crippen LogP contribution in [0.25, 0.3) is 0 Å². The second-order valence-electron chi connectivity index (χ2n) is 6.30. The zero-order valence-electron chi connectivity index (χ0n) is 13.2. The molecule has 0 N–H and O–H groups in total. The average Bonchev–Trinajstić information content (AvgIpc) is 2.94. The molecule has 2 saturated heterocycles. The van der Waals surface area contributed by atoms with Crippen molar-refractivity contribution in [2.75, 3.05) is 44.8 Å². The normalized spacial score (nSPS) is 24.7. The van der Waals surface area contributed by atoms with Crippen molar-refractivity contribution in [3.05, 3.63) is 22.3 Å². The lowest BCUT2D eigenvalue weighted by Gasteiger charge is -2.39. The number of hydrogen-bond acceptors (Lipinski definition) is 4. The minimum atomic E-state index is -0.309. The van der Waals surface area contributed by atoms with Gasteiger partial charge in [0, 0.05) is 39.5 Å². The molecule has 1 aromatic rings. The number of pyridine rings is 1. The number of nitrogens with zero attached hydrogens (tertiary/aromatic N) is 3. The van der Waals surface area contributed by atoms with E-state index in [1.54, 1.807) is 19.4 Å². The Kier molecular flexibility index (Phi) is 4.99. The number of amides is 1. The van der Waals surface area contributed by atoms with Gasteiger partial charge in [-0.05, 0) is 25.3 Å². The maximum atomic E-state index is 12.9. The zero-order valence-corrected chi connectivity index (χ0v) is 14.7. The Hall–Kier alpha value is -1.04. The summed E-state index contributed by atoms with van der Waals surface area (Å²) < 4.78 is 5.12. The number of hydrogen-bond donors (Lipinski definition) is 0. The quantitative estimate of drug-likeness (QED) is 0.830. The van der Waals surface area contributed by atoms with Crippen molar-refractivity contribution in [3.63, 3.8) is 0 Å². The molecule has 0 saturated carbocycles. The van der Waals surface area contributed by atoms with Gasteiger partial charge in [-0.3, -0.25) is 4.79 Å². The number of ether oxygens (including phenoxy) is 1. The van der Waals surface area contributed by atoms with Gasteiger partial charge in [0.25, 0.3) is 0 Å². The Labute approximate surface area is 146 Å². The number of carbonyl (C=O) groups is 1. The first-order chi connectivity index (χ1) is 11.1. The highest BCUT2D eigenvalue weighted by molar-refractivity contribution is 6.36. The molecule has 1 amide bonds. The lowest BCUT2D eigenvalue weighted by atomic mass is 9.78. The number of anilines is 1. The zero-order chi connectivity index (χ0) is 16.4. The Balaban J connectivity index is 1.76. The van der Waals surface area contributed by atoms with Crippen molar-refractivity contribution < 1.29 is 9.53 Å². The summed E-state index contributed by atoms with van der Waals surface area (Å²) >= 11 is 12.2. The van der Waals surface area contributed by atoms with E-state index < -0.39 is 0 Å². The second kappa shape index (κ2) is 6.83. The first-order valence-electron chi connectivity index (χ1n) is 7.90. The van der Waals surface area contributed by atoms with Crippen molar-refractivity contribution in [2.45, 2.75) is 19.3 Å². The lowest BCUT2D eigenvalue weighted by Crippen LogP contribution is -2.51. The summed E-state index contributed by atoms with van der Waals surface area (Å²) in [5.41, 5.74) is -0.309. The smallest absolute Gasteiger partial charge is 0.230 e. The molecular weight excluding hydrogens is 337 g/mol. The summed E-state index contributed by atoms with van der Waals surface area (Å²) in [5, 5.41) is 1.06. The monoisotopic (exact) mass is 357 g/mol. The first kappa shape index (κ1) is 16.8. The van der Waals surface area contributed by atoms with Gasteiger partial charge < -0.3 is 14.5 Å². The molecule has 1 atom stereocenters. The van der Waals surface area contributed by atoms with Crippen LogP contribution in [-0.2, 0) is 9.53 Å². The molecule has 2 aliphatic heterocycles. The van der Waals surface area contributed by atoms with E-state index in [2.05, 4.69) is 9.88 Å². The molecule has 3 heterocycles. The lowest BCUT2D eigenvalue weighted by molar-refractivity contribution is -0.145. The topological polar surface area (TPSA) is 45.7 Å². The van der Waals surface area contributed by atoms with E-state index in [1.807, 2.05) is 4.90 Å². The highest BCUT2D eigenvalue weighted by atomic mass is 35.5. The van der Waals surface area contributed by atoms with E-state index in [0.717, 1.165) is 38.2 Å². The molecule has 5 nitrogen and oxygen atoms in total. The van der Waals surface area contributed by atoms with Crippen LogP contribution in [0.5, 0.6) is 0 Å². The van der Waals surface area contributed by atoms with E-state index in [1.165, 1.54) is 0 Å². The Morgan fingerprint density at radius 1 is 1.35 bits per heavy atom. The third-order valence-corrected chi connectivity index (χ3v) is 5.32. The SMILES string of the molecule is COCCN1CCC[C@]2(CCN(c3ncc(Cl)cc3Cl)C2)C1=O. The third kappa shape index (κ3) is 3.28. The third-order valence-electron chi connectivity index (χ3n) is 4.83. The highest BCUT2D eigenvalue weighted by Gasteiger charge is 2.48. The number of aromatic nitrogens is 1. The van der Waals surface area contributed by atoms with Crippen LogP contribution in [-0.4, -0.2) is 55.7 Å². The summed E-state index contributed by atoms with van der Waals surface area (Å²) in [6.45, 7) is 3.53. The average molecular weight is 358 g/mol. The summed E-state index contributed by atoms with van der Waals surface area (Å²) in [6, 6.07) is 1.70. The maximum absolute atomic E-state index is 12.9. The number of likely N-dealkylation sites (tertiary alicyclic amines) is 1. The molecule has 23 heavy (non-hydrogen) atoms. The Morgan fingerprint density at radius 2 is 2.17 bits per heavy atom. The van der Waals surface area contributed by atoms with Crippen molar-refractivity contribution in [1.29, 1.82) is 0 Å². The van der Waals surface area contributed by atoms with Crippen LogP contribution in [0.2, 0.25) is 10.0 Å². The van der Waals surface area contributed by atoms with Crippen molar-refractivity contribution >= 4 is 34.9 Å². The fourth-order valence-electron chi connectivity index (χ4n) is 3.64. The van der Waals surface area contributed by atoms with Gasteiger partial charge in [0.1, 0.15) is 5.82 Å². The van der Waals surface area contributed by atoms with Crippen LogP contribution in [0.4, 0.5) is 5.82 Å². The van der Waals surface area contributed by atoms with Crippen LogP contribution in [0, 0.1) is 5.41 Å². The highest BCUT2D eigenvalue weighted by Crippen LogP contribution is 2.42. The Bertz CT molecular complexity index is 599. The van der Waals surface area contributed by atoms with Crippen LogP contribution in [0.1, 0.15) is 19.3 Å². The van der Waals surface area contributed by atoms with Gasteiger partial charge in [-0.1, -0.05) is 23.2 Å². The van der Waals surface area contributed by atoms with Crippen LogP contribution in [0.3, 0.4) is 0 Å². The van der Waals surface area contributed by atoms with Gasteiger partial charge >= 0.3 is 0 Å². The summed E-state index contributed by atoms with van der Waals surface area (Å²) in [7, 11) is 1.66. The van der Waals surface area contributed by atoms with Gasteiger partial charge in [0.2, 0.25) is 5.91 Å². The summed E-state index contributed by atoms with van der Waals surface area (Å²) in [5.74, 6) is 0.961. The fraction of sp³-hybridized carbons (Fsp3) is 0.625. The molecule has 2 aliphatic rings. The van der Waals surface area contributed by atoms with Crippen LogP contribution in [0.15, 0.2) is 12.3 Å². The van der Waals surface area contributed by atoms with Crippen LogP contribution < -0.4 is 4.90 Å². The molecule has 7 heteroatoms. The van der Waals surface area contributed by atoms with Gasteiger partial charge in [-0.15, -0.1) is 0 Å². The number of methoxy groups -OCH3 is 1. The largest absolute Gasteiger partial charge is 0.383 e. The van der Waals surface area contributed by atoms with E-state index in [9.17, 15) is 4.79 Å². The summed E-state index contributed by atoms with van der Waals surface area (Å²) in [4.78, 5) is 21.3. The first-order valence-corrected chi connectivity index (χ1v) is 8.66. The molecule has 0 unspecified atom stereocenters. The molecule has 0 aliphatic carbocycles. The molecule has 0 radical (unpaired) electrons. The van der Waals surface area contributed by atoms with Gasteiger partial charge in [-0.2, -0.15) is 0 Å². The van der Waals surface area contributed by atoms with Gasteiger partial charge in [0.15, 0.2) is 0 Å². The fourth-order valence-corrected chi connectivity index (χ4v) is 4.14. The molecule has 1 aromatic heterocycles. The van der Waals surface area contributed by atoms with E-state index in [0.29, 0.717) is 29.7 Å². The molecule has 3 rings (SSSR count). The predicted molar refractivity (Wildman–Crippen MR) is 91.2 cm³/mol. The number of rotatable bonds is 4. The molecule has 0 bridgehead atoms.